The highest BCUT2D eigenvalue weighted by molar-refractivity contribution is 6.27. The van der Waals surface area contributed by atoms with Crippen LogP contribution in [0.25, 0.3) is 0 Å². The van der Waals surface area contributed by atoms with E-state index in [9.17, 15) is 0 Å². The lowest BCUT2D eigenvalue weighted by Gasteiger charge is -2.17. The molecule has 0 radical (unpaired) electrons. The first kappa shape index (κ1) is 12.0. The summed E-state index contributed by atoms with van der Waals surface area (Å²) in [5, 5.41) is 0. The van der Waals surface area contributed by atoms with Gasteiger partial charge in [-0.15, -0.1) is 24.0 Å². The second kappa shape index (κ2) is 6.55. The third kappa shape index (κ3) is 4.17. The van der Waals surface area contributed by atoms with Crippen molar-refractivity contribution in [2.75, 3.05) is 5.88 Å². The zero-order valence-electron chi connectivity index (χ0n) is 7.13. The Kier molecular flexibility index (Phi) is 6.58. The summed E-state index contributed by atoms with van der Waals surface area (Å²) < 4.78 is 0. The smallest absolute Gasteiger partial charge is 0.109 e. The van der Waals surface area contributed by atoms with Crippen LogP contribution in [0.1, 0.15) is 32.1 Å². The summed E-state index contributed by atoms with van der Waals surface area (Å²) in [6.45, 7) is 0. The van der Waals surface area contributed by atoms with Crippen molar-refractivity contribution in [1.29, 1.82) is 0 Å². The van der Waals surface area contributed by atoms with E-state index in [4.69, 9.17) is 17.3 Å². The highest BCUT2D eigenvalue weighted by Gasteiger charge is 2.11. The molecule has 0 amide bonds. The van der Waals surface area contributed by atoms with Gasteiger partial charge < -0.3 is 5.73 Å². The van der Waals surface area contributed by atoms with Crippen LogP contribution in [0.15, 0.2) is 4.99 Å². The molecule has 0 unspecified atom stereocenters. The SMILES string of the molecule is Cl.NC(CCl)=NC1CCCCC1. The summed E-state index contributed by atoms with van der Waals surface area (Å²) in [7, 11) is 0. The average molecular weight is 211 g/mol. The van der Waals surface area contributed by atoms with Gasteiger partial charge in [-0.3, -0.25) is 4.99 Å². The summed E-state index contributed by atoms with van der Waals surface area (Å²) in [4.78, 5) is 4.32. The molecule has 12 heavy (non-hydrogen) atoms. The van der Waals surface area contributed by atoms with Gasteiger partial charge in [-0.2, -0.15) is 0 Å². The topological polar surface area (TPSA) is 38.4 Å². The van der Waals surface area contributed by atoms with Gasteiger partial charge in [0.25, 0.3) is 0 Å². The third-order valence-electron chi connectivity index (χ3n) is 2.06. The standard InChI is InChI=1S/C8H15ClN2.ClH/c9-6-8(10)11-7-4-2-1-3-5-7;/h7H,1-6H2,(H2,10,11);1H. The lowest BCUT2D eigenvalue weighted by molar-refractivity contribution is 0.443. The second-order valence-corrected chi connectivity index (χ2v) is 3.31. The number of halogens is 2. The molecule has 0 aromatic heterocycles. The van der Waals surface area contributed by atoms with Gasteiger partial charge in [-0.05, 0) is 12.8 Å². The van der Waals surface area contributed by atoms with Crippen molar-refractivity contribution >= 4 is 29.8 Å². The number of hydrogen-bond acceptors (Lipinski definition) is 1. The van der Waals surface area contributed by atoms with E-state index in [-0.39, 0.29) is 12.4 Å². The molecule has 0 aliphatic heterocycles. The monoisotopic (exact) mass is 210 g/mol. The first-order valence-corrected chi connectivity index (χ1v) is 4.74. The van der Waals surface area contributed by atoms with E-state index in [2.05, 4.69) is 4.99 Å². The molecular weight excluding hydrogens is 195 g/mol. The molecule has 0 aromatic carbocycles. The van der Waals surface area contributed by atoms with E-state index >= 15 is 0 Å². The predicted molar refractivity (Wildman–Crippen MR) is 56.5 cm³/mol. The van der Waals surface area contributed by atoms with Crippen LogP contribution < -0.4 is 5.73 Å². The molecule has 0 spiro atoms. The summed E-state index contributed by atoms with van der Waals surface area (Å²) in [6.07, 6.45) is 6.33. The van der Waals surface area contributed by atoms with Crippen LogP contribution in [0.5, 0.6) is 0 Å². The summed E-state index contributed by atoms with van der Waals surface area (Å²) in [6, 6.07) is 0.461. The van der Waals surface area contributed by atoms with Crippen molar-refractivity contribution in [2.24, 2.45) is 10.7 Å². The molecule has 1 rings (SSSR count). The molecule has 4 heteroatoms. The molecule has 2 N–H and O–H groups in total. The van der Waals surface area contributed by atoms with E-state index in [0.717, 1.165) is 0 Å². The highest BCUT2D eigenvalue weighted by atomic mass is 35.5. The molecule has 1 saturated carbocycles. The van der Waals surface area contributed by atoms with Crippen LogP contribution in [0.3, 0.4) is 0 Å². The third-order valence-corrected chi connectivity index (χ3v) is 2.33. The average Bonchev–Trinajstić information content (AvgIpc) is 2.06. The molecule has 0 aromatic rings. The van der Waals surface area contributed by atoms with Crippen LogP contribution in [0.4, 0.5) is 0 Å². The number of nitrogens with zero attached hydrogens (tertiary/aromatic N) is 1. The Hall–Kier alpha value is 0.0500. The number of amidine groups is 1. The number of aliphatic imine (C=N–C) groups is 1. The van der Waals surface area contributed by atoms with Gasteiger partial charge in [0, 0.05) is 0 Å². The van der Waals surface area contributed by atoms with Gasteiger partial charge in [0.15, 0.2) is 0 Å². The Labute approximate surface area is 85.0 Å². The Morgan fingerprint density at radius 1 is 1.33 bits per heavy atom. The quantitative estimate of drug-likeness (QED) is 0.425. The van der Waals surface area contributed by atoms with Gasteiger partial charge in [-0.25, -0.2) is 0 Å². The molecule has 1 aliphatic rings. The highest BCUT2D eigenvalue weighted by Crippen LogP contribution is 2.19. The van der Waals surface area contributed by atoms with Crippen molar-refractivity contribution < 1.29 is 0 Å². The van der Waals surface area contributed by atoms with Crippen LogP contribution in [0, 0.1) is 0 Å². The second-order valence-electron chi connectivity index (χ2n) is 3.05. The molecule has 72 valence electrons. The zero-order valence-corrected chi connectivity index (χ0v) is 8.70. The Balaban J connectivity index is 0.00000121. The predicted octanol–water partition coefficient (Wildman–Crippen LogP) is 2.34. The van der Waals surface area contributed by atoms with Gasteiger partial charge >= 0.3 is 0 Å². The molecule has 0 atom stereocenters. The molecule has 0 heterocycles. The Bertz CT molecular complexity index is 142. The van der Waals surface area contributed by atoms with E-state index in [1.54, 1.807) is 0 Å². The van der Waals surface area contributed by atoms with E-state index in [1.165, 1.54) is 32.1 Å². The minimum Gasteiger partial charge on any atom is -0.386 e. The first-order valence-electron chi connectivity index (χ1n) is 4.21. The fourth-order valence-electron chi connectivity index (χ4n) is 1.48. The minimum absolute atomic E-state index is 0. The Morgan fingerprint density at radius 2 is 1.92 bits per heavy atom. The molecule has 2 nitrogen and oxygen atoms in total. The normalized spacial score (nSPS) is 20.2. The summed E-state index contributed by atoms with van der Waals surface area (Å²) in [5.74, 6) is 0.967. The minimum atomic E-state index is 0. The van der Waals surface area contributed by atoms with E-state index in [0.29, 0.717) is 17.8 Å². The number of nitrogens with two attached hydrogens (primary N) is 1. The molecule has 1 fully saturated rings. The van der Waals surface area contributed by atoms with E-state index < -0.39 is 0 Å². The summed E-state index contributed by atoms with van der Waals surface area (Å²) in [5.41, 5.74) is 5.52. The maximum Gasteiger partial charge on any atom is 0.109 e. The lowest BCUT2D eigenvalue weighted by Crippen LogP contribution is -2.19. The first-order chi connectivity index (χ1) is 5.33. The number of hydrogen-bond donors (Lipinski definition) is 1. The maximum absolute atomic E-state index is 5.52. The number of alkyl halides is 1. The van der Waals surface area contributed by atoms with Gasteiger partial charge in [0.05, 0.1) is 11.9 Å². The number of rotatable bonds is 2. The lowest BCUT2D eigenvalue weighted by atomic mass is 9.96. The zero-order chi connectivity index (χ0) is 8.10. The fourth-order valence-corrected chi connectivity index (χ4v) is 1.55. The van der Waals surface area contributed by atoms with Gasteiger partial charge in [0.2, 0.25) is 0 Å². The van der Waals surface area contributed by atoms with E-state index in [1.807, 2.05) is 0 Å². The van der Waals surface area contributed by atoms with Crippen LogP contribution in [-0.4, -0.2) is 17.8 Å². The largest absolute Gasteiger partial charge is 0.386 e. The summed E-state index contributed by atoms with van der Waals surface area (Å²) >= 11 is 5.52. The molecule has 0 saturated heterocycles. The van der Waals surface area contributed by atoms with Crippen LogP contribution >= 0.6 is 24.0 Å². The maximum atomic E-state index is 5.52. The van der Waals surface area contributed by atoms with Crippen molar-refractivity contribution in [3.63, 3.8) is 0 Å². The molecular formula is C8H16Cl2N2. The van der Waals surface area contributed by atoms with Crippen molar-refractivity contribution in [3.8, 4) is 0 Å². The van der Waals surface area contributed by atoms with Gasteiger partial charge in [0.1, 0.15) is 5.84 Å². The van der Waals surface area contributed by atoms with Crippen molar-refractivity contribution in [3.05, 3.63) is 0 Å². The molecule has 0 bridgehead atoms. The fraction of sp³-hybridized carbons (Fsp3) is 0.875. The van der Waals surface area contributed by atoms with Crippen molar-refractivity contribution in [2.45, 2.75) is 38.1 Å². The van der Waals surface area contributed by atoms with Gasteiger partial charge in [-0.1, -0.05) is 19.3 Å². The molecule has 1 aliphatic carbocycles. The Morgan fingerprint density at radius 3 is 2.42 bits per heavy atom. The van der Waals surface area contributed by atoms with Crippen LogP contribution in [0.2, 0.25) is 0 Å². The van der Waals surface area contributed by atoms with Crippen molar-refractivity contribution in [1.82, 2.24) is 0 Å². The van der Waals surface area contributed by atoms with Crippen LogP contribution in [-0.2, 0) is 0 Å².